The van der Waals surface area contributed by atoms with Crippen molar-refractivity contribution in [2.45, 2.75) is 19.9 Å². The van der Waals surface area contributed by atoms with Crippen LogP contribution in [-0.2, 0) is 0 Å². The fraction of sp³-hybridized carbons (Fsp3) is 0.308. The second-order valence-corrected chi connectivity index (χ2v) is 4.01. The fourth-order valence-electron chi connectivity index (χ4n) is 1.86. The number of hydrogen-bond donors (Lipinski definition) is 1. The van der Waals surface area contributed by atoms with Crippen LogP contribution in [0.2, 0.25) is 0 Å². The van der Waals surface area contributed by atoms with E-state index < -0.39 is 0 Å². The number of hydrogen-bond acceptors (Lipinski definition) is 4. The van der Waals surface area contributed by atoms with Gasteiger partial charge in [0.15, 0.2) is 5.76 Å². The molecule has 1 heterocycles. The Morgan fingerprint density at radius 3 is 2.65 bits per heavy atom. The third-order valence-electron chi connectivity index (χ3n) is 2.74. The highest BCUT2D eigenvalue weighted by Crippen LogP contribution is 2.33. The minimum Gasteiger partial charge on any atom is -0.496 e. The zero-order valence-electron chi connectivity index (χ0n) is 10.2. The van der Waals surface area contributed by atoms with Crippen LogP contribution in [0, 0.1) is 6.92 Å². The van der Waals surface area contributed by atoms with E-state index in [2.05, 4.69) is 5.16 Å². The molecule has 1 aromatic carbocycles. The van der Waals surface area contributed by atoms with Crippen molar-refractivity contribution in [3.05, 3.63) is 35.6 Å². The van der Waals surface area contributed by atoms with Gasteiger partial charge in [0.2, 0.25) is 0 Å². The summed E-state index contributed by atoms with van der Waals surface area (Å²) in [5.74, 6) is 1.49. The van der Waals surface area contributed by atoms with Gasteiger partial charge < -0.3 is 15.0 Å². The summed E-state index contributed by atoms with van der Waals surface area (Å²) in [6.07, 6.45) is 0. The Morgan fingerprint density at radius 1 is 1.35 bits per heavy atom. The molecular weight excluding hydrogens is 216 g/mol. The molecule has 0 aliphatic rings. The minimum atomic E-state index is -0.161. The first-order valence-corrected chi connectivity index (χ1v) is 5.50. The Morgan fingerprint density at radius 2 is 2.06 bits per heavy atom. The summed E-state index contributed by atoms with van der Waals surface area (Å²) in [6, 6.07) is 7.55. The lowest BCUT2D eigenvalue weighted by Crippen LogP contribution is -2.04. The average molecular weight is 232 g/mol. The molecule has 0 aliphatic heterocycles. The Balaban J connectivity index is 2.53. The number of benzene rings is 1. The summed E-state index contributed by atoms with van der Waals surface area (Å²) in [4.78, 5) is 0. The molecule has 0 saturated carbocycles. The number of para-hydroxylation sites is 1. The van der Waals surface area contributed by atoms with Gasteiger partial charge in [0, 0.05) is 11.1 Å². The van der Waals surface area contributed by atoms with Gasteiger partial charge in [-0.3, -0.25) is 0 Å². The van der Waals surface area contributed by atoms with E-state index in [0.29, 0.717) is 5.76 Å². The first-order chi connectivity index (χ1) is 8.15. The molecule has 1 aromatic heterocycles. The molecule has 0 spiro atoms. The van der Waals surface area contributed by atoms with Crippen molar-refractivity contribution >= 4 is 0 Å². The van der Waals surface area contributed by atoms with Crippen molar-refractivity contribution in [2.75, 3.05) is 7.11 Å². The second-order valence-electron chi connectivity index (χ2n) is 4.01. The third-order valence-corrected chi connectivity index (χ3v) is 2.74. The lowest BCUT2D eigenvalue weighted by Gasteiger charge is -2.06. The van der Waals surface area contributed by atoms with Crippen LogP contribution < -0.4 is 10.5 Å². The van der Waals surface area contributed by atoms with Crippen LogP contribution in [0.15, 0.2) is 28.8 Å². The van der Waals surface area contributed by atoms with Crippen molar-refractivity contribution in [3.8, 4) is 17.0 Å². The van der Waals surface area contributed by atoms with Crippen molar-refractivity contribution < 1.29 is 9.26 Å². The van der Waals surface area contributed by atoms with Gasteiger partial charge >= 0.3 is 0 Å². The number of methoxy groups -OCH3 is 1. The molecule has 0 bridgehead atoms. The number of nitrogens with zero attached hydrogens (tertiary/aromatic N) is 1. The van der Waals surface area contributed by atoms with E-state index in [-0.39, 0.29) is 6.04 Å². The van der Waals surface area contributed by atoms with E-state index in [0.717, 1.165) is 22.6 Å². The molecular formula is C13H16N2O2. The van der Waals surface area contributed by atoms with Crippen LogP contribution in [0.3, 0.4) is 0 Å². The van der Waals surface area contributed by atoms with E-state index in [4.69, 9.17) is 15.0 Å². The van der Waals surface area contributed by atoms with Crippen LogP contribution in [0.5, 0.6) is 5.75 Å². The third kappa shape index (κ3) is 2.03. The second kappa shape index (κ2) is 4.59. The van der Waals surface area contributed by atoms with E-state index >= 15 is 0 Å². The van der Waals surface area contributed by atoms with Crippen molar-refractivity contribution in [3.63, 3.8) is 0 Å². The first kappa shape index (κ1) is 11.7. The SMILES string of the molecule is COc1ccccc1-c1noc(C(C)N)c1C. The van der Waals surface area contributed by atoms with Crippen molar-refractivity contribution in [2.24, 2.45) is 5.73 Å². The fourth-order valence-corrected chi connectivity index (χ4v) is 1.86. The highest BCUT2D eigenvalue weighted by atomic mass is 16.5. The van der Waals surface area contributed by atoms with Gasteiger partial charge in [-0.15, -0.1) is 0 Å². The average Bonchev–Trinajstić information content (AvgIpc) is 2.71. The van der Waals surface area contributed by atoms with Crippen molar-refractivity contribution in [1.82, 2.24) is 5.16 Å². The molecule has 90 valence electrons. The standard InChI is InChI=1S/C13H16N2O2/c1-8-12(15-17-13(8)9(2)14)10-6-4-5-7-11(10)16-3/h4-7,9H,14H2,1-3H3. The summed E-state index contributed by atoms with van der Waals surface area (Å²) < 4.78 is 10.6. The van der Waals surface area contributed by atoms with Crippen molar-refractivity contribution in [1.29, 1.82) is 0 Å². The predicted octanol–water partition coefficient (Wildman–Crippen LogP) is 2.68. The van der Waals surface area contributed by atoms with Gasteiger partial charge in [-0.25, -0.2) is 0 Å². The summed E-state index contributed by atoms with van der Waals surface area (Å²) in [5.41, 5.74) is 8.48. The van der Waals surface area contributed by atoms with Gasteiger partial charge in [0.05, 0.1) is 13.2 Å². The first-order valence-electron chi connectivity index (χ1n) is 5.50. The van der Waals surface area contributed by atoms with Crippen LogP contribution in [-0.4, -0.2) is 12.3 Å². The lowest BCUT2D eigenvalue weighted by molar-refractivity contribution is 0.367. The highest BCUT2D eigenvalue weighted by molar-refractivity contribution is 5.70. The van der Waals surface area contributed by atoms with Crippen LogP contribution >= 0.6 is 0 Å². The number of aromatic nitrogens is 1. The Hall–Kier alpha value is -1.81. The quantitative estimate of drug-likeness (QED) is 0.883. The monoisotopic (exact) mass is 232 g/mol. The van der Waals surface area contributed by atoms with Gasteiger partial charge in [0.1, 0.15) is 11.4 Å². The normalized spacial score (nSPS) is 12.5. The van der Waals surface area contributed by atoms with Gasteiger partial charge in [-0.05, 0) is 26.0 Å². The summed E-state index contributed by atoms with van der Waals surface area (Å²) in [6.45, 7) is 3.83. The predicted molar refractivity (Wildman–Crippen MR) is 65.8 cm³/mol. The number of rotatable bonds is 3. The molecule has 2 rings (SSSR count). The summed E-state index contributed by atoms with van der Waals surface area (Å²) >= 11 is 0. The molecule has 2 N–H and O–H groups in total. The van der Waals surface area contributed by atoms with Gasteiger partial charge in [-0.2, -0.15) is 0 Å². The largest absolute Gasteiger partial charge is 0.496 e. The maximum atomic E-state index is 5.81. The van der Waals surface area contributed by atoms with Crippen LogP contribution in [0.1, 0.15) is 24.3 Å². The van der Waals surface area contributed by atoms with E-state index in [1.165, 1.54) is 0 Å². The van der Waals surface area contributed by atoms with E-state index in [1.807, 2.05) is 38.1 Å². The summed E-state index contributed by atoms with van der Waals surface area (Å²) in [7, 11) is 1.64. The van der Waals surface area contributed by atoms with E-state index in [9.17, 15) is 0 Å². The van der Waals surface area contributed by atoms with Gasteiger partial charge in [0.25, 0.3) is 0 Å². The molecule has 0 radical (unpaired) electrons. The molecule has 0 amide bonds. The van der Waals surface area contributed by atoms with Crippen LogP contribution in [0.25, 0.3) is 11.3 Å². The minimum absolute atomic E-state index is 0.161. The molecule has 0 saturated heterocycles. The smallest absolute Gasteiger partial charge is 0.156 e. The molecule has 0 aliphatic carbocycles. The molecule has 17 heavy (non-hydrogen) atoms. The Bertz CT molecular complexity index is 518. The lowest BCUT2D eigenvalue weighted by atomic mass is 10.0. The zero-order valence-corrected chi connectivity index (χ0v) is 10.2. The zero-order chi connectivity index (χ0) is 12.4. The highest BCUT2D eigenvalue weighted by Gasteiger charge is 2.18. The number of ether oxygens (including phenoxy) is 1. The molecule has 0 fully saturated rings. The van der Waals surface area contributed by atoms with Crippen LogP contribution in [0.4, 0.5) is 0 Å². The topological polar surface area (TPSA) is 61.3 Å². The maximum Gasteiger partial charge on any atom is 0.156 e. The molecule has 2 aromatic rings. The van der Waals surface area contributed by atoms with Gasteiger partial charge in [-0.1, -0.05) is 17.3 Å². The molecule has 4 nitrogen and oxygen atoms in total. The molecule has 4 heteroatoms. The molecule has 1 unspecified atom stereocenters. The van der Waals surface area contributed by atoms with E-state index in [1.54, 1.807) is 7.11 Å². The Kier molecular flexibility index (Phi) is 3.15. The Labute approximate surface area is 100 Å². The number of nitrogens with two attached hydrogens (primary N) is 1. The molecule has 1 atom stereocenters. The summed E-state index contributed by atoms with van der Waals surface area (Å²) in [5, 5.41) is 4.08. The maximum absolute atomic E-state index is 5.81.